The van der Waals surface area contributed by atoms with Crippen molar-refractivity contribution in [3.8, 4) is 11.8 Å². The van der Waals surface area contributed by atoms with Crippen LogP contribution in [0.15, 0.2) is 63.0 Å². The van der Waals surface area contributed by atoms with Crippen LogP contribution in [-0.4, -0.2) is 60.5 Å². The molecule has 0 unspecified atom stereocenters. The van der Waals surface area contributed by atoms with Gasteiger partial charge in [-0.05, 0) is 51.8 Å². The molecule has 1 saturated heterocycles. The third kappa shape index (κ3) is 5.63. The van der Waals surface area contributed by atoms with Gasteiger partial charge in [-0.25, -0.2) is 23.2 Å². The first-order valence-corrected chi connectivity index (χ1v) is 16.2. The lowest BCUT2D eigenvalue weighted by Gasteiger charge is -2.32. The number of piperidine rings is 1. The molecule has 45 heavy (non-hydrogen) atoms. The minimum Gasteiger partial charge on any atom is -0.351 e. The summed E-state index contributed by atoms with van der Waals surface area (Å²) in [6.07, 6.45) is 1.35. The van der Waals surface area contributed by atoms with E-state index in [-0.39, 0.29) is 41.7 Å². The number of benzene rings is 2. The summed E-state index contributed by atoms with van der Waals surface area (Å²) in [4.78, 5) is 41.6. The number of para-hydroxylation sites is 1. The summed E-state index contributed by atoms with van der Waals surface area (Å²) >= 11 is 0. The van der Waals surface area contributed by atoms with Crippen molar-refractivity contribution in [3.05, 3.63) is 86.5 Å². The Labute approximate surface area is 260 Å². The molecule has 4 heterocycles. The Hall–Kier alpha value is -4.80. The van der Waals surface area contributed by atoms with Gasteiger partial charge in [-0.3, -0.25) is 18.5 Å². The van der Waals surface area contributed by atoms with Crippen molar-refractivity contribution in [1.82, 2.24) is 33.0 Å². The molecule has 0 radical (unpaired) electrons. The number of fused-ring (bicyclic) bond motifs is 2. The number of nitrogens with zero attached hydrogens (tertiary/aromatic N) is 7. The first-order valence-electron chi connectivity index (χ1n) is 14.7. The maximum Gasteiger partial charge on any atom is 0.332 e. The molecule has 6 rings (SSSR count). The second-order valence-corrected chi connectivity index (χ2v) is 13.2. The van der Waals surface area contributed by atoms with E-state index >= 15 is 0 Å². The smallest absolute Gasteiger partial charge is 0.332 e. The molecule has 232 valence electrons. The van der Waals surface area contributed by atoms with Crippen molar-refractivity contribution in [1.29, 1.82) is 0 Å². The van der Waals surface area contributed by atoms with Gasteiger partial charge in [0, 0.05) is 37.3 Å². The van der Waals surface area contributed by atoms with Gasteiger partial charge in [0.1, 0.15) is 5.82 Å². The highest BCUT2D eigenvalue weighted by molar-refractivity contribution is 7.89. The number of aryl methyl sites for hydroxylation is 3. The molecule has 1 N–H and O–H groups in total. The van der Waals surface area contributed by atoms with E-state index in [2.05, 4.69) is 32.1 Å². The maximum absolute atomic E-state index is 14.0. The van der Waals surface area contributed by atoms with Crippen molar-refractivity contribution < 1.29 is 8.42 Å². The van der Waals surface area contributed by atoms with Gasteiger partial charge in [-0.2, -0.15) is 9.29 Å². The van der Waals surface area contributed by atoms with Crippen LogP contribution < -0.4 is 16.6 Å². The minimum atomic E-state index is -3.69. The molecule has 1 fully saturated rings. The van der Waals surface area contributed by atoms with Gasteiger partial charge in [0.2, 0.25) is 16.0 Å². The Morgan fingerprint density at radius 1 is 1.00 bits per heavy atom. The van der Waals surface area contributed by atoms with Gasteiger partial charge in [-0.1, -0.05) is 41.8 Å². The van der Waals surface area contributed by atoms with E-state index in [0.29, 0.717) is 31.2 Å². The van der Waals surface area contributed by atoms with Gasteiger partial charge < -0.3 is 5.32 Å². The quantitative estimate of drug-likeness (QED) is 0.273. The van der Waals surface area contributed by atoms with E-state index in [1.165, 1.54) is 8.87 Å². The molecule has 0 spiro atoms. The fourth-order valence-corrected chi connectivity index (χ4v) is 7.28. The number of hydrogen-bond acceptors (Lipinski definition) is 8. The summed E-state index contributed by atoms with van der Waals surface area (Å²) in [5.74, 6) is 6.56. The summed E-state index contributed by atoms with van der Waals surface area (Å²) in [7, 11) is -2.13. The molecule has 0 bridgehead atoms. The third-order valence-corrected chi connectivity index (χ3v) is 10.0. The molecule has 0 amide bonds. The number of hydrogen-bond donors (Lipinski definition) is 1. The molecule has 12 nitrogen and oxygen atoms in total. The topological polar surface area (TPSA) is 137 Å². The highest BCUT2D eigenvalue weighted by Crippen LogP contribution is 2.24. The van der Waals surface area contributed by atoms with Gasteiger partial charge in [0.25, 0.3) is 5.56 Å². The molecule has 13 heteroatoms. The zero-order chi connectivity index (χ0) is 31.9. The predicted molar refractivity (Wildman–Crippen MR) is 173 cm³/mol. The number of sulfonamides is 1. The number of rotatable bonds is 7. The van der Waals surface area contributed by atoms with E-state index in [9.17, 15) is 18.0 Å². The summed E-state index contributed by atoms with van der Waals surface area (Å²) in [6, 6.07) is 14.1. The Kier molecular flexibility index (Phi) is 8.03. The highest BCUT2D eigenvalue weighted by atomic mass is 32.2. The Morgan fingerprint density at radius 3 is 2.51 bits per heavy atom. The summed E-state index contributed by atoms with van der Waals surface area (Å²) < 4.78 is 32.4. The Balaban J connectivity index is 1.37. The van der Waals surface area contributed by atoms with Crippen LogP contribution in [0.5, 0.6) is 0 Å². The second-order valence-electron chi connectivity index (χ2n) is 11.3. The molecule has 0 saturated carbocycles. The molecular formula is C32H34N8O4S. The monoisotopic (exact) mass is 626 g/mol. The second kappa shape index (κ2) is 11.9. The SMILES string of the molecule is CC#CCn1c(N[C@@H]2CCCN(S(=O)(=O)c3ccc(C)cc3)C2)nc2c1c(=O)n(Cc1nc(C)c3ccccc3n1)c(=O)n2C. The molecule has 2 aromatic carbocycles. The predicted octanol–water partition coefficient (Wildman–Crippen LogP) is 2.79. The van der Waals surface area contributed by atoms with Crippen LogP contribution in [0.3, 0.4) is 0 Å². The average molecular weight is 627 g/mol. The van der Waals surface area contributed by atoms with Crippen LogP contribution in [-0.2, 0) is 30.2 Å². The maximum atomic E-state index is 14.0. The number of nitrogens with one attached hydrogen (secondary N) is 1. The third-order valence-electron chi connectivity index (χ3n) is 8.16. The largest absolute Gasteiger partial charge is 0.351 e. The van der Waals surface area contributed by atoms with Crippen LogP contribution in [0.4, 0.5) is 5.95 Å². The Morgan fingerprint density at radius 2 is 1.76 bits per heavy atom. The lowest BCUT2D eigenvalue weighted by atomic mass is 10.1. The van der Waals surface area contributed by atoms with Crippen LogP contribution in [0.25, 0.3) is 22.1 Å². The Bertz CT molecular complexity index is 2220. The number of aromatic nitrogens is 6. The normalized spacial score (nSPS) is 15.7. The highest BCUT2D eigenvalue weighted by Gasteiger charge is 2.31. The lowest BCUT2D eigenvalue weighted by molar-refractivity contribution is 0.326. The number of anilines is 1. The van der Waals surface area contributed by atoms with E-state index in [1.54, 1.807) is 42.8 Å². The fourth-order valence-electron chi connectivity index (χ4n) is 5.76. The van der Waals surface area contributed by atoms with Gasteiger partial charge >= 0.3 is 5.69 Å². The van der Waals surface area contributed by atoms with Crippen molar-refractivity contribution >= 4 is 38.0 Å². The molecular weight excluding hydrogens is 592 g/mol. The van der Waals surface area contributed by atoms with Crippen molar-refractivity contribution in [2.45, 2.75) is 57.6 Å². The standard InChI is InChI=1S/C32H34N8O4S/c1-5-6-18-39-28-29(36-31(39)34-23-10-9-17-38(19-23)45(43,44)24-15-13-21(2)14-16-24)37(4)32(42)40(30(28)41)20-27-33-22(3)25-11-7-8-12-26(25)35-27/h7-8,11-16,23H,9-10,17-20H2,1-4H3,(H,34,36)/t23-/m1/s1. The first-order chi connectivity index (χ1) is 21.6. The van der Waals surface area contributed by atoms with Crippen LogP contribution >= 0.6 is 0 Å². The van der Waals surface area contributed by atoms with Crippen LogP contribution in [0.1, 0.15) is 36.8 Å². The fraction of sp³-hybridized carbons (Fsp3) is 0.344. The van der Waals surface area contributed by atoms with E-state index < -0.39 is 21.3 Å². The summed E-state index contributed by atoms with van der Waals surface area (Å²) in [5.41, 5.74) is 1.79. The molecule has 1 aliphatic rings. The van der Waals surface area contributed by atoms with Crippen LogP contribution in [0.2, 0.25) is 0 Å². The lowest BCUT2D eigenvalue weighted by Crippen LogP contribution is -2.45. The average Bonchev–Trinajstić information content (AvgIpc) is 3.39. The number of imidazole rings is 1. The van der Waals surface area contributed by atoms with E-state index in [0.717, 1.165) is 26.7 Å². The summed E-state index contributed by atoms with van der Waals surface area (Å²) in [6.45, 7) is 6.14. The molecule has 5 aromatic rings. The minimum absolute atomic E-state index is 0.116. The zero-order valence-corrected chi connectivity index (χ0v) is 26.4. The zero-order valence-electron chi connectivity index (χ0n) is 25.6. The van der Waals surface area contributed by atoms with Gasteiger partial charge in [0.15, 0.2) is 11.2 Å². The van der Waals surface area contributed by atoms with Crippen molar-refractivity contribution in [2.75, 3.05) is 18.4 Å². The van der Waals surface area contributed by atoms with Gasteiger partial charge in [-0.15, -0.1) is 5.92 Å². The van der Waals surface area contributed by atoms with E-state index in [4.69, 9.17) is 0 Å². The van der Waals surface area contributed by atoms with Crippen LogP contribution in [0, 0.1) is 25.7 Å². The van der Waals surface area contributed by atoms with Gasteiger partial charge in [0.05, 0.1) is 23.5 Å². The molecule has 1 aliphatic heterocycles. The summed E-state index contributed by atoms with van der Waals surface area (Å²) in [5, 5.41) is 4.27. The van der Waals surface area contributed by atoms with Crippen molar-refractivity contribution in [2.24, 2.45) is 7.05 Å². The molecule has 3 aromatic heterocycles. The molecule has 1 atom stereocenters. The van der Waals surface area contributed by atoms with Crippen molar-refractivity contribution in [3.63, 3.8) is 0 Å². The first kappa shape index (κ1) is 30.2. The molecule has 0 aliphatic carbocycles. The van der Waals surface area contributed by atoms with E-state index in [1.807, 2.05) is 38.1 Å².